The van der Waals surface area contributed by atoms with Crippen LogP contribution in [0.25, 0.3) is 0 Å². The Morgan fingerprint density at radius 2 is 1.56 bits per heavy atom. The first kappa shape index (κ1) is 12.8. The van der Waals surface area contributed by atoms with Crippen LogP contribution in [0.4, 0.5) is 4.39 Å². The van der Waals surface area contributed by atoms with Gasteiger partial charge in [0, 0.05) is 0 Å². The lowest BCUT2D eigenvalue weighted by Crippen LogP contribution is -2.36. The minimum Gasteiger partial charge on any atom is -0.318 e. The average molecular weight is 243 g/mol. The van der Waals surface area contributed by atoms with E-state index in [2.05, 4.69) is 0 Å². The molecule has 0 saturated carbocycles. The lowest BCUT2D eigenvalue weighted by Gasteiger charge is -2.29. The summed E-state index contributed by atoms with van der Waals surface area (Å²) in [6.07, 6.45) is 0. The van der Waals surface area contributed by atoms with E-state index in [1.54, 1.807) is 6.07 Å². The molecule has 1 unspecified atom stereocenters. The summed E-state index contributed by atoms with van der Waals surface area (Å²) in [6.45, 7) is 5.91. The van der Waals surface area contributed by atoms with Gasteiger partial charge in [-0.15, -0.1) is 0 Å². The molecular weight excluding hydrogens is 225 g/mol. The molecule has 0 fully saturated rings. The summed E-state index contributed by atoms with van der Waals surface area (Å²) in [5.74, 6) is -0.249. The fraction of sp³-hybridized carbons (Fsp3) is 0.250. The predicted octanol–water partition coefficient (Wildman–Crippen LogP) is 3.66. The zero-order valence-electron chi connectivity index (χ0n) is 11.0. The third kappa shape index (κ3) is 2.16. The molecule has 2 heteroatoms. The van der Waals surface area contributed by atoms with Gasteiger partial charge in [0.2, 0.25) is 0 Å². The van der Waals surface area contributed by atoms with E-state index in [1.165, 1.54) is 12.1 Å². The molecule has 2 rings (SSSR count). The largest absolute Gasteiger partial charge is 0.318 e. The minimum atomic E-state index is -0.683. The standard InChI is InChI=1S/C16H18FN/c1-11-6-4-5-7-14(11)16(3,18)15-10-13(17)9-8-12(15)2/h4-10H,18H2,1-3H3. The van der Waals surface area contributed by atoms with Crippen LogP contribution in [0.3, 0.4) is 0 Å². The van der Waals surface area contributed by atoms with Crippen molar-refractivity contribution in [1.29, 1.82) is 0 Å². The Kier molecular flexibility index (Phi) is 3.22. The normalized spacial score (nSPS) is 14.3. The van der Waals surface area contributed by atoms with E-state index in [-0.39, 0.29) is 5.82 Å². The van der Waals surface area contributed by atoms with Gasteiger partial charge in [0.15, 0.2) is 0 Å². The molecule has 0 radical (unpaired) electrons. The fourth-order valence-electron chi connectivity index (χ4n) is 2.45. The van der Waals surface area contributed by atoms with Gasteiger partial charge in [-0.1, -0.05) is 30.3 Å². The third-order valence-electron chi connectivity index (χ3n) is 3.46. The van der Waals surface area contributed by atoms with Crippen LogP contribution in [-0.2, 0) is 5.54 Å². The highest BCUT2D eigenvalue weighted by molar-refractivity contribution is 5.44. The van der Waals surface area contributed by atoms with E-state index in [9.17, 15) is 4.39 Å². The van der Waals surface area contributed by atoms with E-state index >= 15 is 0 Å². The average Bonchev–Trinajstić information content (AvgIpc) is 2.32. The molecule has 0 spiro atoms. The highest BCUT2D eigenvalue weighted by Gasteiger charge is 2.27. The Morgan fingerprint density at radius 3 is 2.22 bits per heavy atom. The van der Waals surface area contributed by atoms with Gasteiger partial charge in [-0.05, 0) is 55.2 Å². The van der Waals surface area contributed by atoms with Crippen LogP contribution in [-0.4, -0.2) is 0 Å². The molecule has 2 aromatic rings. The van der Waals surface area contributed by atoms with Crippen LogP contribution in [0, 0.1) is 19.7 Å². The molecule has 1 atom stereocenters. The zero-order valence-corrected chi connectivity index (χ0v) is 11.0. The second-order valence-corrected chi connectivity index (χ2v) is 4.98. The van der Waals surface area contributed by atoms with Crippen LogP contribution in [0.1, 0.15) is 29.2 Å². The maximum atomic E-state index is 13.4. The van der Waals surface area contributed by atoms with Crippen molar-refractivity contribution in [3.8, 4) is 0 Å². The molecule has 0 aliphatic carbocycles. The number of rotatable bonds is 2. The topological polar surface area (TPSA) is 26.0 Å². The van der Waals surface area contributed by atoms with Crippen molar-refractivity contribution in [1.82, 2.24) is 0 Å². The zero-order chi connectivity index (χ0) is 13.3. The molecule has 0 bridgehead atoms. The Bertz CT molecular complexity index is 573. The van der Waals surface area contributed by atoms with Crippen molar-refractivity contribution in [3.05, 3.63) is 70.5 Å². The highest BCUT2D eigenvalue weighted by atomic mass is 19.1. The molecule has 0 aromatic heterocycles. The van der Waals surface area contributed by atoms with Crippen molar-refractivity contribution in [2.75, 3.05) is 0 Å². The monoisotopic (exact) mass is 243 g/mol. The summed E-state index contributed by atoms with van der Waals surface area (Å²) in [5.41, 5.74) is 9.76. The Morgan fingerprint density at radius 1 is 0.944 bits per heavy atom. The van der Waals surface area contributed by atoms with E-state index in [0.29, 0.717) is 0 Å². The van der Waals surface area contributed by atoms with Gasteiger partial charge < -0.3 is 5.73 Å². The van der Waals surface area contributed by atoms with Gasteiger partial charge >= 0.3 is 0 Å². The van der Waals surface area contributed by atoms with Gasteiger partial charge in [0.1, 0.15) is 5.82 Å². The van der Waals surface area contributed by atoms with E-state index in [1.807, 2.05) is 45.0 Å². The molecule has 0 saturated heterocycles. The first-order chi connectivity index (χ1) is 8.43. The molecule has 1 nitrogen and oxygen atoms in total. The number of benzene rings is 2. The van der Waals surface area contributed by atoms with Crippen molar-refractivity contribution in [3.63, 3.8) is 0 Å². The molecule has 18 heavy (non-hydrogen) atoms. The van der Waals surface area contributed by atoms with E-state index < -0.39 is 5.54 Å². The van der Waals surface area contributed by atoms with Gasteiger partial charge in [-0.25, -0.2) is 4.39 Å². The summed E-state index contributed by atoms with van der Waals surface area (Å²) in [6, 6.07) is 12.7. The maximum absolute atomic E-state index is 13.4. The van der Waals surface area contributed by atoms with Crippen molar-refractivity contribution in [2.24, 2.45) is 5.73 Å². The van der Waals surface area contributed by atoms with Gasteiger partial charge in [-0.3, -0.25) is 0 Å². The molecule has 0 aliphatic heterocycles. The summed E-state index contributed by atoms with van der Waals surface area (Å²) >= 11 is 0. The molecule has 0 heterocycles. The van der Waals surface area contributed by atoms with E-state index in [0.717, 1.165) is 22.3 Å². The Hall–Kier alpha value is -1.67. The second kappa shape index (κ2) is 4.54. The summed E-state index contributed by atoms with van der Waals surface area (Å²) < 4.78 is 13.4. The molecule has 0 aliphatic rings. The van der Waals surface area contributed by atoms with Crippen LogP contribution in [0.15, 0.2) is 42.5 Å². The molecule has 94 valence electrons. The molecule has 2 aromatic carbocycles. The van der Waals surface area contributed by atoms with Crippen LogP contribution >= 0.6 is 0 Å². The number of hydrogen-bond acceptors (Lipinski definition) is 1. The maximum Gasteiger partial charge on any atom is 0.123 e. The Labute approximate surface area is 107 Å². The lowest BCUT2D eigenvalue weighted by molar-refractivity contribution is 0.575. The molecular formula is C16H18FN. The minimum absolute atomic E-state index is 0.249. The number of aryl methyl sites for hydroxylation is 2. The molecule has 2 N–H and O–H groups in total. The van der Waals surface area contributed by atoms with Crippen molar-refractivity contribution in [2.45, 2.75) is 26.3 Å². The summed E-state index contributed by atoms with van der Waals surface area (Å²) in [5, 5.41) is 0. The number of nitrogens with two attached hydrogens (primary N) is 1. The number of hydrogen-bond donors (Lipinski definition) is 1. The smallest absolute Gasteiger partial charge is 0.123 e. The summed E-state index contributed by atoms with van der Waals surface area (Å²) in [7, 11) is 0. The van der Waals surface area contributed by atoms with Crippen LogP contribution in [0.2, 0.25) is 0 Å². The van der Waals surface area contributed by atoms with Gasteiger partial charge in [0.05, 0.1) is 5.54 Å². The third-order valence-corrected chi connectivity index (χ3v) is 3.46. The van der Waals surface area contributed by atoms with Crippen molar-refractivity contribution >= 4 is 0 Å². The quantitative estimate of drug-likeness (QED) is 0.855. The van der Waals surface area contributed by atoms with Crippen LogP contribution < -0.4 is 5.73 Å². The number of halogens is 1. The first-order valence-corrected chi connectivity index (χ1v) is 6.04. The molecule has 0 amide bonds. The fourth-order valence-corrected chi connectivity index (χ4v) is 2.45. The van der Waals surface area contributed by atoms with Gasteiger partial charge in [-0.2, -0.15) is 0 Å². The lowest BCUT2D eigenvalue weighted by atomic mass is 9.81. The predicted molar refractivity (Wildman–Crippen MR) is 73.0 cm³/mol. The Balaban J connectivity index is 2.61. The second-order valence-electron chi connectivity index (χ2n) is 4.98. The SMILES string of the molecule is Cc1ccccc1C(C)(N)c1cc(F)ccc1C. The first-order valence-electron chi connectivity index (χ1n) is 6.04. The van der Waals surface area contributed by atoms with Crippen LogP contribution in [0.5, 0.6) is 0 Å². The summed E-state index contributed by atoms with van der Waals surface area (Å²) in [4.78, 5) is 0. The highest BCUT2D eigenvalue weighted by Crippen LogP contribution is 2.31. The van der Waals surface area contributed by atoms with Gasteiger partial charge in [0.25, 0.3) is 0 Å². The van der Waals surface area contributed by atoms with E-state index in [4.69, 9.17) is 5.73 Å². The van der Waals surface area contributed by atoms with Crippen molar-refractivity contribution < 1.29 is 4.39 Å².